The molecular weight excluding hydrogens is 464 g/mol. The topological polar surface area (TPSA) is 71.8 Å². The second-order valence-electron chi connectivity index (χ2n) is 8.25. The van der Waals surface area contributed by atoms with Gasteiger partial charge in [0.05, 0.1) is 12.3 Å². The van der Waals surface area contributed by atoms with Crippen LogP contribution >= 0.6 is 11.6 Å². The Bertz CT molecular complexity index is 1340. The van der Waals surface area contributed by atoms with Crippen molar-refractivity contribution in [2.75, 3.05) is 18.5 Å². The molecule has 35 heavy (non-hydrogen) atoms. The van der Waals surface area contributed by atoms with Gasteiger partial charge < -0.3 is 19.4 Å². The first-order chi connectivity index (χ1) is 17.1. The summed E-state index contributed by atoms with van der Waals surface area (Å²) in [5.74, 6) is 0.402. The number of carbonyl (C=O) groups is 2. The molecule has 0 fully saturated rings. The average Bonchev–Trinajstić information content (AvgIpc) is 3.42. The summed E-state index contributed by atoms with van der Waals surface area (Å²) >= 11 is 5.98. The third kappa shape index (κ3) is 5.08. The fraction of sp³-hybridized carbons (Fsp3) is 0.143. The van der Waals surface area contributed by atoms with Crippen molar-refractivity contribution < 1.29 is 18.7 Å². The van der Waals surface area contributed by atoms with E-state index < -0.39 is 0 Å². The molecule has 0 aliphatic carbocycles. The third-order valence-electron chi connectivity index (χ3n) is 5.93. The van der Waals surface area contributed by atoms with Gasteiger partial charge >= 0.3 is 0 Å². The zero-order chi connectivity index (χ0) is 24.2. The molecular formula is C28H23ClN2O4. The number of halogens is 1. The Morgan fingerprint density at radius 2 is 1.86 bits per heavy atom. The van der Waals surface area contributed by atoms with Crippen LogP contribution in [0.15, 0.2) is 95.6 Å². The summed E-state index contributed by atoms with van der Waals surface area (Å²) in [6.07, 6.45) is 2.21. The predicted molar refractivity (Wildman–Crippen MR) is 134 cm³/mol. The number of fused-ring (bicyclic) bond motifs is 1. The Balaban J connectivity index is 1.39. The van der Waals surface area contributed by atoms with E-state index in [0.717, 1.165) is 16.7 Å². The van der Waals surface area contributed by atoms with Crippen molar-refractivity contribution in [3.8, 4) is 5.75 Å². The van der Waals surface area contributed by atoms with E-state index in [1.807, 2.05) is 53.4 Å². The van der Waals surface area contributed by atoms with Gasteiger partial charge in [0.2, 0.25) is 0 Å². The molecule has 1 aliphatic rings. The normalized spacial score (nSPS) is 14.8. The molecule has 7 heteroatoms. The minimum atomic E-state index is -0.304. The number of anilines is 1. The first-order valence-corrected chi connectivity index (χ1v) is 11.7. The zero-order valence-corrected chi connectivity index (χ0v) is 19.6. The number of hydrogen-bond acceptors (Lipinski definition) is 4. The first-order valence-electron chi connectivity index (χ1n) is 11.3. The predicted octanol–water partition coefficient (Wildman–Crippen LogP) is 5.74. The molecule has 4 aromatic rings. The Hall–Kier alpha value is -4.03. The molecule has 0 bridgehead atoms. The Morgan fingerprint density at radius 1 is 1.00 bits per heavy atom. The van der Waals surface area contributed by atoms with E-state index in [-0.39, 0.29) is 24.5 Å². The van der Waals surface area contributed by atoms with E-state index in [9.17, 15) is 9.59 Å². The van der Waals surface area contributed by atoms with Crippen LogP contribution in [0.25, 0.3) is 0 Å². The maximum absolute atomic E-state index is 13.3. The molecule has 0 saturated heterocycles. The standard InChI is InChI=1S/C28H23ClN2O4/c29-21-8-4-9-22(16-21)30-26(32)18-35-23-12-11-19-13-14-31(28(33)25-10-5-15-34-25)27(24(19)17-23)20-6-2-1-3-7-20/h1-12,15-17,27H,13-14,18H2,(H,30,32)/t27-/m1/s1. The number of nitrogens with one attached hydrogen (secondary N) is 1. The summed E-state index contributed by atoms with van der Waals surface area (Å²) < 4.78 is 11.2. The van der Waals surface area contributed by atoms with Crippen molar-refractivity contribution in [1.29, 1.82) is 0 Å². The summed E-state index contributed by atoms with van der Waals surface area (Å²) in [6.45, 7) is 0.407. The van der Waals surface area contributed by atoms with Crippen LogP contribution in [-0.4, -0.2) is 29.9 Å². The number of carbonyl (C=O) groups excluding carboxylic acids is 2. The van der Waals surface area contributed by atoms with Crippen LogP contribution in [0.5, 0.6) is 5.75 Å². The Labute approximate surface area is 208 Å². The van der Waals surface area contributed by atoms with Gasteiger partial charge in [0.25, 0.3) is 11.8 Å². The number of amides is 2. The van der Waals surface area contributed by atoms with Crippen LogP contribution in [0.3, 0.4) is 0 Å². The number of hydrogen-bond donors (Lipinski definition) is 1. The number of benzene rings is 3. The van der Waals surface area contributed by atoms with Crippen molar-refractivity contribution >= 4 is 29.1 Å². The molecule has 176 valence electrons. The second kappa shape index (κ2) is 10.1. The quantitative estimate of drug-likeness (QED) is 0.377. The molecule has 2 heterocycles. The lowest BCUT2D eigenvalue weighted by molar-refractivity contribution is -0.118. The van der Waals surface area contributed by atoms with Crippen LogP contribution in [0.2, 0.25) is 5.02 Å². The number of furan rings is 1. The molecule has 0 unspecified atom stereocenters. The van der Waals surface area contributed by atoms with Crippen LogP contribution < -0.4 is 10.1 Å². The van der Waals surface area contributed by atoms with E-state index in [0.29, 0.717) is 35.2 Å². The number of ether oxygens (including phenoxy) is 1. The minimum absolute atomic E-state index is 0.156. The summed E-state index contributed by atoms with van der Waals surface area (Å²) in [7, 11) is 0. The largest absolute Gasteiger partial charge is 0.484 e. The van der Waals surface area contributed by atoms with Crippen molar-refractivity contribution in [1.82, 2.24) is 4.90 Å². The number of nitrogens with zero attached hydrogens (tertiary/aromatic N) is 1. The molecule has 1 atom stereocenters. The van der Waals surface area contributed by atoms with Crippen molar-refractivity contribution in [3.63, 3.8) is 0 Å². The van der Waals surface area contributed by atoms with Crippen LogP contribution in [0, 0.1) is 0 Å². The van der Waals surface area contributed by atoms with Gasteiger partial charge in [-0.1, -0.05) is 54.1 Å². The monoisotopic (exact) mass is 486 g/mol. The van der Waals surface area contributed by atoms with Gasteiger partial charge in [-0.2, -0.15) is 0 Å². The molecule has 0 radical (unpaired) electrons. The lowest BCUT2D eigenvalue weighted by atomic mass is 9.87. The van der Waals surface area contributed by atoms with Crippen molar-refractivity contribution in [3.05, 3.63) is 119 Å². The maximum atomic E-state index is 13.3. The highest BCUT2D eigenvalue weighted by Crippen LogP contribution is 2.38. The smallest absolute Gasteiger partial charge is 0.290 e. The summed E-state index contributed by atoms with van der Waals surface area (Å²) in [5, 5.41) is 3.32. The van der Waals surface area contributed by atoms with Gasteiger partial charge in [0.15, 0.2) is 12.4 Å². The van der Waals surface area contributed by atoms with Gasteiger partial charge in [-0.05, 0) is 65.6 Å². The first kappa shape index (κ1) is 22.7. The summed E-state index contributed by atoms with van der Waals surface area (Å²) in [4.78, 5) is 27.5. The van der Waals surface area contributed by atoms with Crippen LogP contribution in [0.4, 0.5) is 5.69 Å². The highest BCUT2D eigenvalue weighted by Gasteiger charge is 2.33. The summed E-state index contributed by atoms with van der Waals surface area (Å²) in [6, 6.07) is 25.7. The van der Waals surface area contributed by atoms with E-state index in [1.165, 1.54) is 6.26 Å². The zero-order valence-electron chi connectivity index (χ0n) is 18.8. The molecule has 1 N–H and O–H groups in total. The maximum Gasteiger partial charge on any atom is 0.290 e. The highest BCUT2D eigenvalue weighted by molar-refractivity contribution is 6.30. The fourth-order valence-electron chi connectivity index (χ4n) is 4.35. The Kier molecular flexibility index (Phi) is 6.55. The minimum Gasteiger partial charge on any atom is -0.484 e. The fourth-order valence-corrected chi connectivity index (χ4v) is 4.54. The lowest BCUT2D eigenvalue weighted by Gasteiger charge is -2.37. The second-order valence-corrected chi connectivity index (χ2v) is 8.68. The third-order valence-corrected chi connectivity index (χ3v) is 6.17. The SMILES string of the molecule is O=C(COc1ccc2c(c1)[C@@H](c1ccccc1)N(C(=O)c1ccco1)CC2)Nc1cccc(Cl)c1. The molecule has 2 amide bonds. The molecule has 6 nitrogen and oxygen atoms in total. The van der Waals surface area contributed by atoms with E-state index in [1.54, 1.807) is 36.4 Å². The van der Waals surface area contributed by atoms with Crippen molar-refractivity contribution in [2.45, 2.75) is 12.5 Å². The van der Waals surface area contributed by atoms with Gasteiger partial charge in [0, 0.05) is 17.3 Å². The molecule has 0 spiro atoms. The molecule has 1 aromatic heterocycles. The van der Waals surface area contributed by atoms with Gasteiger partial charge in [-0.15, -0.1) is 0 Å². The van der Waals surface area contributed by atoms with E-state index >= 15 is 0 Å². The molecule has 5 rings (SSSR count). The van der Waals surface area contributed by atoms with E-state index in [2.05, 4.69) is 5.32 Å². The molecule has 1 aliphatic heterocycles. The average molecular weight is 487 g/mol. The van der Waals surface area contributed by atoms with Gasteiger partial charge in [0.1, 0.15) is 5.75 Å². The lowest BCUT2D eigenvalue weighted by Crippen LogP contribution is -2.40. The van der Waals surface area contributed by atoms with Crippen LogP contribution in [-0.2, 0) is 11.2 Å². The van der Waals surface area contributed by atoms with Gasteiger partial charge in [-0.25, -0.2) is 0 Å². The highest BCUT2D eigenvalue weighted by atomic mass is 35.5. The van der Waals surface area contributed by atoms with Gasteiger partial charge in [-0.3, -0.25) is 9.59 Å². The molecule has 3 aromatic carbocycles. The summed E-state index contributed by atoms with van der Waals surface area (Å²) in [5.41, 5.74) is 3.70. The van der Waals surface area contributed by atoms with E-state index in [4.69, 9.17) is 20.8 Å². The van der Waals surface area contributed by atoms with Crippen LogP contribution in [0.1, 0.15) is 33.3 Å². The Morgan fingerprint density at radius 3 is 2.63 bits per heavy atom. The molecule has 0 saturated carbocycles. The number of rotatable bonds is 6. The van der Waals surface area contributed by atoms with Crippen molar-refractivity contribution in [2.24, 2.45) is 0 Å².